The number of carbonyl (C=O) groups excluding carboxylic acids is 1. The summed E-state index contributed by atoms with van der Waals surface area (Å²) in [6.45, 7) is 2.53. The second kappa shape index (κ2) is 7.24. The van der Waals surface area contributed by atoms with Gasteiger partial charge in [0.15, 0.2) is 0 Å². The molecule has 5 nitrogen and oxygen atoms in total. The van der Waals surface area contributed by atoms with Crippen LogP contribution in [0.3, 0.4) is 0 Å². The van der Waals surface area contributed by atoms with Crippen LogP contribution in [0.2, 0.25) is 0 Å². The van der Waals surface area contributed by atoms with Gasteiger partial charge in [0, 0.05) is 18.7 Å². The van der Waals surface area contributed by atoms with Gasteiger partial charge in [0.25, 0.3) is 0 Å². The van der Waals surface area contributed by atoms with E-state index in [1.165, 1.54) is 34.5 Å². The highest BCUT2D eigenvalue weighted by molar-refractivity contribution is 7.92. The lowest BCUT2D eigenvalue weighted by Gasteiger charge is -2.18. The van der Waals surface area contributed by atoms with Crippen molar-refractivity contribution in [1.82, 2.24) is 0 Å². The zero-order valence-corrected chi connectivity index (χ0v) is 17.1. The number of nitrogens with zero attached hydrogens (tertiary/aromatic N) is 1. The van der Waals surface area contributed by atoms with Crippen LogP contribution in [0.1, 0.15) is 41.9 Å². The molecule has 4 rings (SSSR count). The summed E-state index contributed by atoms with van der Waals surface area (Å²) in [5, 5.41) is 3.01. The average Bonchev–Trinajstić information content (AvgIpc) is 3.38. The van der Waals surface area contributed by atoms with Gasteiger partial charge in [-0.2, -0.15) is 0 Å². The lowest BCUT2D eigenvalue weighted by atomic mass is 9.90. The average molecular weight is 399 g/mol. The molecule has 1 N–H and O–H groups in total. The second-order valence-electron chi connectivity index (χ2n) is 8.04. The van der Waals surface area contributed by atoms with Crippen molar-refractivity contribution in [3.63, 3.8) is 0 Å². The summed E-state index contributed by atoms with van der Waals surface area (Å²) in [6.07, 6.45) is 4.74. The molecule has 6 heteroatoms. The van der Waals surface area contributed by atoms with E-state index in [2.05, 4.69) is 36.5 Å². The smallest absolute Gasteiger partial charge is 0.232 e. The van der Waals surface area contributed by atoms with E-state index in [4.69, 9.17) is 0 Å². The number of rotatable bonds is 6. The van der Waals surface area contributed by atoms with E-state index >= 15 is 0 Å². The Balaban J connectivity index is 1.46. The second-order valence-corrected chi connectivity index (χ2v) is 9.94. The lowest BCUT2D eigenvalue weighted by molar-refractivity contribution is -0.116. The fourth-order valence-corrected chi connectivity index (χ4v) is 5.03. The maximum atomic E-state index is 12.7. The molecule has 2 aromatic rings. The molecular formula is C22H26N2O3S. The number of sulfonamides is 1. The van der Waals surface area contributed by atoms with Crippen LogP contribution in [-0.4, -0.2) is 27.1 Å². The van der Waals surface area contributed by atoms with Crippen molar-refractivity contribution in [3.8, 4) is 0 Å². The highest BCUT2D eigenvalue weighted by atomic mass is 32.2. The Hall–Kier alpha value is -2.34. The molecule has 1 saturated carbocycles. The zero-order valence-electron chi connectivity index (χ0n) is 16.3. The third-order valence-corrected chi connectivity index (χ3v) is 6.90. The molecule has 0 saturated heterocycles. The van der Waals surface area contributed by atoms with Gasteiger partial charge in [-0.1, -0.05) is 29.8 Å². The lowest BCUT2D eigenvalue weighted by Crippen LogP contribution is -2.27. The monoisotopic (exact) mass is 398 g/mol. The van der Waals surface area contributed by atoms with Crippen LogP contribution in [0, 0.1) is 12.8 Å². The number of amides is 1. The van der Waals surface area contributed by atoms with Crippen molar-refractivity contribution in [2.24, 2.45) is 5.92 Å². The third kappa shape index (κ3) is 4.07. The summed E-state index contributed by atoms with van der Waals surface area (Å²) in [6, 6.07) is 14.0. The van der Waals surface area contributed by atoms with Crippen molar-refractivity contribution in [2.45, 2.75) is 38.5 Å². The van der Waals surface area contributed by atoms with Gasteiger partial charge in [-0.25, -0.2) is 8.42 Å². The molecule has 1 aliphatic heterocycles. The van der Waals surface area contributed by atoms with E-state index < -0.39 is 10.0 Å². The van der Waals surface area contributed by atoms with E-state index in [9.17, 15) is 13.2 Å². The number of hydrogen-bond acceptors (Lipinski definition) is 3. The standard InChI is InChI=1S/C22H26N2O3S/c1-15-3-5-16(6-4-15)20(17-7-8-17)14-22(25)23-19-9-10-21-18(13-19)11-12-24(21)28(2,26)27/h3-6,9-10,13,17,20H,7-8,11-12,14H2,1-2H3,(H,23,25). The topological polar surface area (TPSA) is 66.5 Å². The van der Waals surface area contributed by atoms with Crippen molar-refractivity contribution in [2.75, 3.05) is 22.4 Å². The minimum absolute atomic E-state index is 0.00962. The van der Waals surface area contributed by atoms with Crippen LogP contribution in [-0.2, 0) is 21.2 Å². The van der Waals surface area contributed by atoms with Gasteiger partial charge in [-0.15, -0.1) is 0 Å². The van der Waals surface area contributed by atoms with Gasteiger partial charge in [-0.3, -0.25) is 9.10 Å². The summed E-state index contributed by atoms with van der Waals surface area (Å²) < 4.78 is 25.1. The zero-order chi connectivity index (χ0) is 19.9. The molecule has 1 unspecified atom stereocenters. The van der Waals surface area contributed by atoms with Crippen LogP contribution >= 0.6 is 0 Å². The normalized spacial score (nSPS) is 17.3. The molecule has 148 valence electrons. The minimum atomic E-state index is -3.26. The van der Waals surface area contributed by atoms with Crippen LogP contribution in [0.25, 0.3) is 0 Å². The fourth-order valence-electron chi connectivity index (χ4n) is 4.07. The molecule has 1 heterocycles. The van der Waals surface area contributed by atoms with Gasteiger partial charge >= 0.3 is 0 Å². The summed E-state index contributed by atoms with van der Waals surface area (Å²) in [5.41, 5.74) is 4.87. The van der Waals surface area contributed by atoms with Gasteiger partial charge in [-0.05, 0) is 67.3 Å². The number of hydrogen-bond donors (Lipinski definition) is 1. The van der Waals surface area contributed by atoms with Crippen molar-refractivity contribution in [3.05, 3.63) is 59.2 Å². The Morgan fingerprint density at radius 3 is 2.54 bits per heavy atom. The first kappa shape index (κ1) is 19.0. The summed E-state index contributed by atoms with van der Waals surface area (Å²) >= 11 is 0. The number of anilines is 2. The number of benzene rings is 2. The third-order valence-electron chi connectivity index (χ3n) is 5.72. The molecule has 0 aromatic heterocycles. The molecule has 0 spiro atoms. The first-order chi connectivity index (χ1) is 13.3. The highest BCUT2D eigenvalue weighted by Gasteiger charge is 2.33. The van der Waals surface area contributed by atoms with Gasteiger partial charge in [0.2, 0.25) is 15.9 Å². The highest BCUT2D eigenvalue weighted by Crippen LogP contribution is 2.44. The van der Waals surface area contributed by atoms with E-state index in [1.54, 1.807) is 12.1 Å². The first-order valence-corrected chi connectivity index (χ1v) is 11.6. The molecule has 1 fully saturated rings. The number of carbonyl (C=O) groups is 1. The van der Waals surface area contributed by atoms with Crippen molar-refractivity contribution in [1.29, 1.82) is 0 Å². The summed E-state index contributed by atoms with van der Waals surface area (Å²) in [5.74, 6) is 0.864. The van der Waals surface area contributed by atoms with E-state index in [0.29, 0.717) is 25.3 Å². The predicted octanol–water partition coefficient (Wildman–Crippen LogP) is 3.84. The summed E-state index contributed by atoms with van der Waals surface area (Å²) in [4.78, 5) is 12.7. The molecule has 1 aliphatic carbocycles. The Kier molecular flexibility index (Phi) is 4.91. The minimum Gasteiger partial charge on any atom is -0.326 e. The van der Waals surface area contributed by atoms with E-state index in [1.807, 2.05) is 6.07 Å². The Labute approximate surface area is 166 Å². The van der Waals surface area contributed by atoms with Gasteiger partial charge < -0.3 is 5.32 Å². The predicted molar refractivity (Wildman–Crippen MR) is 112 cm³/mol. The van der Waals surface area contributed by atoms with Gasteiger partial charge in [0.05, 0.1) is 11.9 Å². The van der Waals surface area contributed by atoms with E-state index in [-0.39, 0.29) is 11.8 Å². The quantitative estimate of drug-likeness (QED) is 0.804. The number of nitrogens with one attached hydrogen (secondary N) is 1. The molecule has 1 atom stereocenters. The van der Waals surface area contributed by atoms with Crippen molar-refractivity contribution < 1.29 is 13.2 Å². The maximum Gasteiger partial charge on any atom is 0.232 e. The SMILES string of the molecule is Cc1ccc(C(CC(=O)Nc2ccc3c(c2)CCN3S(C)(=O)=O)C2CC2)cc1. The van der Waals surface area contributed by atoms with Crippen LogP contribution in [0.5, 0.6) is 0 Å². The molecule has 1 amide bonds. The number of fused-ring (bicyclic) bond motifs is 1. The Morgan fingerprint density at radius 1 is 1.18 bits per heavy atom. The van der Waals surface area contributed by atoms with Crippen LogP contribution in [0.4, 0.5) is 11.4 Å². The fraction of sp³-hybridized carbons (Fsp3) is 0.409. The first-order valence-electron chi connectivity index (χ1n) is 9.78. The molecule has 0 bridgehead atoms. The molecular weight excluding hydrogens is 372 g/mol. The largest absolute Gasteiger partial charge is 0.326 e. The molecule has 0 radical (unpaired) electrons. The molecule has 28 heavy (non-hydrogen) atoms. The summed E-state index contributed by atoms with van der Waals surface area (Å²) in [7, 11) is -3.26. The molecule has 2 aliphatic rings. The Bertz CT molecular complexity index is 995. The van der Waals surface area contributed by atoms with Gasteiger partial charge in [0.1, 0.15) is 0 Å². The van der Waals surface area contributed by atoms with Crippen LogP contribution in [0.15, 0.2) is 42.5 Å². The molecule has 2 aromatic carbocycles. The Morgan fingerprint density at radius 2 is 1.89 bits per heavy atom. The van der Waals surface area contributed by atoms with Crippen molar-refractivity contribution >= 4 is 27.3 Å². The maximum absolute atomic E-state index is 12.7. The number of aryl methyl sites for hydroxylation is 1. The van der Waals surface area contributed by atoms with Crippen LogP contribution < -0.4 is 9.62 Å². The van der Waals surface area contributed by atoms with E-state index in [0.717, 1.165) is 16.9 Å².